The number of rotatable bonds is 4. The average molecular weight is 289 g/mol. The second kappa shape index (κ2) is 5.42. The predicted octanol–water partition coefficient (Wildman–Crippen LogP) is 2.39. The molecule has 0 fully saturated rings. The van der Waals surface area contributed by atoms with E-state index < -0.39 is 0 Å². The van der Waals surface area contributed by atoms with E-state index in [2.05, 4.69) is 15.9 Å². The molecule has 1 rings (SSSR count). The lowest BCUT2D eigenvalue weighted by Gasteiger charge is -2.12. The highest BCUT2D eigenvalue weighted by atomic mass is 79.9. The van der Waals surface area contributed by atoms with E-state index >= 15 is 0 Å². The molecule has 1 aromatic rings. The van der Waals surface area contributed by atoms with Crippen LogP contribution < -0.4 is 11.5 Å². The lowest BCUT2D eigenvalue weighted by atomic mass is 10.3. The van der Waals surface area contributed by atoms with Gasteiger partial charge < -0.3 is 11.5 Å². The minimum absolute atomic E-state index is 0.214. The van der Waals surface area contributed by atoms with Gasteiger partial charge in [0.1, 0.15) is 0 Å². The fourth-order valence-corrected chi connectivity index (χ4v) is 2.43. The zero-order chi connectivity index (χ0) is 11.4. The highest BCUT2D eigenvalue weighted by Crippen LogP contribution is 2.31. The van der Waals surface area contributed by atoms with Crippen LogP contribution >= 0.6 is 27.7 Å². The molecule has 15 heavy (non-hydrogen) atoms. The monoisotopic (exact) mass is 288 g/mol. The molecule has 0 saturated carbocycles. The summed E-state index contributed by atoms with van der Waals surface area (Å²) in [7, 11) is 0. The molecule has 82 valence electrons. The molecule has 3 nitrogen and oxygen atoms in total. The molecular weight excluding hydrogens is 276 g/mol. The first-order valence-electron chi connectivity index (χ1n) is 4.55. The number of hydrogen-bond donors (Lipinski definition) is 2. The number of anilines is 1. The number of halogens is 1. The van der Waals surface area contributed by atoms with Crippen LogP contribution in [0, 0.1) is 0 Å². The van der Waals surface area contributed by atoms with Crippen molar-refractivity contribution in [2.24, 2.45) is 5.73 Å². The summed E-state index contributed by atoms with van der Waals surface area (Å²) in [6.07, 6.45) is 0.704. The molecule has 1 amide bonds. The van der Waals surface area contributed by atoms with Crippen molar-refractivity contribution in [3.8, 4) is 0 Å². The van der Waals surface area contributed by atoms with Crippen molar-refractivity contribution in [3.05, 3.63) is 22.7 Å². The van der Waals surface area contributed by atoms with E-state index in [4.69, 9.17) is 11.5 Å². The van der Waals surface area contributed by atoms with Crippen molar-refractivity contribution >= 4 is 39.3 Å². The van der Waals surface area contributed by atoms with E-state index in [1.807, 2.05) is 25.1 Å². The van der Waals surface area contributed by atoms with Gasteiger partial charge in [0.15, 0.2) is 0 Å². The molecule has 0 saturated heterocycles. The number of benzene rings is 1. The van der Waals surface area contributed by atoms with Gasteiger partial charge in [-0.3, -0.25) is 4.79 Å². The Hall–Kier alpha value is -0.680. The third kappa shape index (κ3) is 3.43. The van der Waals surface area contributed by atoms with Gasteiger partial charge in [-0.05, 0) is 24.6 Å². The second-order valence-electron chi connectivity index (χ2n) is 3.10. The highest BCUT2D eigenvalue weighted by molar-refractivity contribution is 9.10. The molecule has 5 heteroatoms. The number of amides is 1. The van der Waals surface area contributed by atoms with Gasteiger partial charge in [0, 0.05) is 15.1 Å². The van der Waals surface area contributed by atoms with Crippen molar-refractivity contribution in [3.63, 3.8) is 0 Å². The van der Waals surface area contributed by atoms with Crippen molar-refractivity contribution in [1.82, 2.24) is 0 Å². The molecule has 0 spiro atoms. The summed E-state index contributed by atoms with van der Waals surface area (Å²) in [5.74, 6) is -0.301. The van der Waals surface area contributed by atoms with E-state index in [0.717, 1.165) is 9.37 Å². The average Bonchev–Trinajstić information content (AvgIpc) is 2.16. The zero-order valence-electron chi connectivity index (χ0n) is 8.37. The molecule has 1 unspecified atom stereocenters. The van der Waals surface area contributed by atoms with Crippen LogP contribution in [0.5, 0.6) is 0 Å². The Labute approximate surface area is 102 Å². The predicted molar refractivity (Wildman–Crippen MR) is 67.7 cm³/mol. The molecule has 1 aromatic carbocycles. The molecule has 0 radical (unpaired) electrons. The van der Waals surface area contributed by atoms with Crippen LogP contribution in [0.25, 0.3) is 0 Å². The Morgan fingerprint density at radius 3 is 2.73 bits per heavy atom. The number of primary amides is 1. The molecule has 0 heterocycles. The third-order valence-corrected chi connectivity index (χ3v) is 3.90. The van der Waals surface area contributed by atoms with Gasteiger partial charge in [0.25, 0.3) is 0 Å². The summed E-state index contributed by atoms with van der Waals surface area (Å²) in [4.78, 5) is 12.0. The highest BCUT2D eigenvalue weighted by Gasteiger charge is 2.15. The minimum atomic E-state index is -0.301. The SMILES string of the molecule is CCC(Sc1ccc(Br)cc1N)C(N)=O. The molecule has 0 aliphatic carbocycles. The number of carbonyl (C=O) groups excluding carboxylic acids is 1. The summed E-state index contributed by atoms with van der Waals surface area (Å²) in [5, 5.41) is -0.214. The maximum Gasteiger partial charge on any atom is 0.230 e. The fraction of sp³-hybridized carbons (Fsp3) is 0.300. The van der Waals surface area contributed by atoms with Gasteiger partial charge in [-0.15, -0.1) is 11.8 Å². The van der Waals surface area contributed by atoms with Crippen LogP contribution in [0.2, 0.25) is 0 Å². The first kappa shape index (κ1) is 12.4. The van der Waals surface area contributed by atoms with E-state index in [9.17, 15) is 4.79 Å². The number of hydrogen-bond acceptors (Lipinski definition) is 3. The summed E-state index contributed by atoms with van der Waals surface area (Å²) in [6.45, 7) is 1.93. The molecule has 0 bridgehead atoms. The van der Waals surface area contributed by atoms with E-state index in [-0.39, 0.29) is 11.2 Å². The third-order valence-electron chi connectivity index (χ3n) is 1.93. The normalized spacial score (nSPS) is 12.4. The van der Waals surface area contributed by atoms with Gasteiger partial charge in [-0.2, -0.15) is 0 Å². The first-order valence-corrected chi connectivity index (χ1v) is 6.22. The summed E-state index contributed by atoms with van der Waals surface area (Å²) in [5.41, 5.74) is 11.7. The van der Waals surface area contributed by atoms with Crippen molar-refractivity contribution in [1.29, 1.82) is 0 Å². The lowest BCUT2D eigenvalue weighted by Crippen LogP contribution is -2.24. The van der Waals surface area contributed by atoms with Gasteiger partial charge in [0.05, 0.1) is 5.25 Å². The van der Waals surface area contributed by atoms with Crippen LogP contribution in [-0.4, -0.2) is 11.2 Å². The van der Waals surface area contributed by atoms with Crippen LogP contribution in [0.15, 0.2) is 27.6 Å². The Morgan fingerprint density at radius 2 is 2.27 bits per heavy atom. The molecule has 0 aromatic heterocycles. The Kier molecular flexibility index (Phi) is 4.47. The smallest absolute Gasteiger partial charge is 0.230 e. The lowest BCUT2D eigenvalue weighted by molar-refractivity contribution is -0.117. The molecular formula is C10H13BrN2OS. The number of nitrogens with two attached hydrogens (primary N) is 2. The van der Waals surface area contributed by atoms with Crippen molar-refractivity contribution < 1.29 is 4.79 Å². The first-order chi connectivity index (χ1) is 7.04. The van der Waals surface area contributed by atoms with Crippen LogP contribution in [0.4, 0.5) is 5.69 Å². The summed E-state index contributed by atoms with van der Waals surface area (Å²) in [6, 6.07) is 5.60. The van der Waals surface area contributed by atoms with Crippen molar-refractivity contribution in [2.45, 2.75) is 23.5 Å². The van der Waals surface area contributed by atoms with Gasteiger partial charge in [-0.1, -0.05) is 22.9 Å². The van der Waals surface area contributed by atoms with E-state index in [1.165, 1.54) is 11.8 Å². The zero-order valence-corrected chi connectivity index (χ0v) is 10.8. The largest absolute Gasteiger partial charge is 0.398 e. The van der Waals surface area contributed by atoms with Gasteiger partial charge in [0.2, 0.25) is 5.91 Å². The van der Waals surface area contributed by atoms with Gasteiger partial charge >= 0.3 is 0 Å². The van der Waals surface area contributed by atoms with E-state index in [1.54, 1.807) is 0 Å². The maximum atomic E-state index is 11.1. The standard InChI is InChI=1S/C10H13BrN2OS/c1-2-8(10(13)14)15-9-4-3-6(11)5-7(9)12/h3-5,8H,2,12H2,1H3,(H2,13,14). The molecule has 4 N–H and O–H groups in total. The Balaban J connectivity index is 2.84. The molecule has 0 aliphatic heterocycles. The summed E-state index contributed by atoms with van der Waals surface area (Å²) >= 11 is 4.74. The quantitative estimate of drug-likeness (QED) is 0.660. The Bertz CT molecular complexity index is 370. The molecule has 0 aliphatic rings. The number of thioether (sulfide) groups is 1. The minimum Gasteiger partial charge on any atom is -0.398 e. The fourth-order valence-electron chi connectivity index (χ4n) is 1.12. The number of carbonyl (C=O) groups is 1. The van der Waals surface area contributed by atoms with Crippen LogP contribution in [0.1, 0.15) is 13.3 Å². The second-order valence-corrected chi connectivity index (χ2v) is 5.26. The van der Waals surface area contributed by atoms with Crippen LogP contribution in [0.3, 0.4) is 0 Å². The van der Waals surface area contributed by atoms with E-state index in [0.29, 0.717) is 12.1 Å². The van der Waals surface area contributed by atoms with Crippen molar-refractivity contribution in [2.75, 3.05) is 5.73 Å². The van der Waals surface area contributed by atoms with Gasteiger partial charge in [-0.25, -0.2) is 0 Å². The van der Waals surface area contributed by atoms with Crippen LogP contribution in [-0.2, 0) is 4.79 Å². The Morgan fingerprint density at radius 1 is 1.60 bits per heavy atom. The maximum absolute atomic E-state index is 11.1. The molecule has 1 atom stereocenters. The topological polar surface area (TPSA) is 69.1 Å². The number of nitrogen functional groups attached to an aromatic ring is 1. The summed E-state index contributed by atoms with van der Waals surface area (Å²) < 4.78 is 0.927.